The summed E-state index contributed by atoms with van der Waals surface area (Å²) < 4.78 is 13.2. The molecule has 0 saturated carbocycles. The molecule has 0 spiro atoms. The van der Waals surface area contributed by atoms with Crippen molar-refractivity contribution in [3.8, 4) is 6.07 Å². The highest BCUT2D eigenvalue weighted by Gasteiger charge is 2.43. The van der Waals surface area contributed by atoms with Crippen LogP contribution in [-0.2, 0) is 19.8 Å². The third-order valence-electron chi connectivity index (χ3n) is 7.67. The van der Waals surface area contributed by atoms with Gasteiger partial charge in [0.1, 0.15) is 11.0 Å². The number of carbonyl (C=O) groups is 2. The van der Waals surface area contributed by atoms with Crippen LogP contribution in [0.2, 0.25) is 0 Å². The number of aryl methyl sites for hydroxylation is 1. The fourth-order valence-corrected chi connectivity index (χ4v) is 5.63. The van der Waals surface area contributed by atoms with Crippen LogP contribution in [0, 0.1) is 18.3 Å². The van der Waals surface area contributed by atoms with Crippen molar-refractivity contribution in [3.05, 3.63) is 51.9 Å². The van der Waals surface area contributed by atoms with Gasteiger partial charge in [-0.1, -0.05) is 0 Å². The van der Waals surface area contributed by atoms with E-state index < -0.39 is 23.2 Å². The number of rotatable bonds is 6. The summed E-state index contributed by atoms with van der Waals surface area (Å²) in [5, 5.41) is 18.2. The number of hydrogen-bond acceptors (Lipinski definition) is 8. The predicted molar refractivity (Wildman–Crippen MR) is 153 cm³/mol. The van der Waals surface area contributed by atoms with Crippen LogP contribution in [0.3, 0.4) is 0 Å². The van der Waals surface area contributed by atoms with E-state index in [-0.39, 0.29) is 24.5 Å². The van der Waals surface area contributed by atoms with E-state index in [1.54, 1.807) is 49.8 Å². The van der Waals surface area contributed by atoms with Crippen LogP contribution in [0.4, 0.5) is 11.5 Å². The Bertz CT molecular complexity index is 1560. The second kappa shape index (κ2) is 11.0. The quantitative estimate of drug-likeness (QED) is 0.428. The average Bonchev–Trinajstić information content (AvgIpc) is 3.58. The number of pyridine rings is 1. The number of amides is 1. The van der Waals surface area contributed by atoms with Crippen LogP contribution in [0.25, 0.3) is 10.9 Å². The Morgan fingerprint density at radius 3 is 2.66 bits per heavy atom. The Balaban J connectivity index is 1.45. The van der Waals surface area contributed by atoms with Gasteiger partial charge in [-0.3, -0.25) is 14.3 Å². The molecule has 11 heteroatoms. The van der Waals surface area contributed by atoms with Crippen molar-refractivity contribution < 1.29 is 19.1 Å². The molecule has 0 aliphatic carbocycles. The second-order valence-electron chi connectivity index (χ2n) is 11.9. The largest absolute Gasteiger partial charge is 0.458 e. The van der Waals surface area contributed by atoms with E-state index in [0.29, 0.717) is 40.8 Å². The molecule has 2 unspecified atom stereocenters. The Morgan fingerprint density at radius 1 is 1.27 bits per heavy atom. The molecule has 2 N–H and O–H groups in total. The van der Waals surface area contributed by atoms with Crippen molar-refractivity contribution >= 4 is 34.3 Å². The van der Waals surface area contributed by atoms with E-state index in [4.69, 9.17) is 14.6 Å². The average molecular weight is 561 g/mol. The number of likely N-dealkylation sites (tertiary alicyclic amines) is 1. The zero-order valence-corrected chi connectivity index (χ0v) is 24.0. The van der Waals surface area contributed by atoms with E-state index in [1.807, 2.05) is 17.9 Å². The molecule has 2 atom stereocenters. The first kappa shape index (κ1) is 28.4. The number of nitrogens with zero attached hydrogens (tertiary/aromatic N) is 4. The molecule has 0 radical (unpaired) electrons. The summed E-state index contributed by atoms with van der Waals surface area (Å²) in [5.74, 6) is -0.0844. The maximum Gasteiger partial charge on any atom is 0.335 e. The van der Waals surface area contributed by atoms with Gasteiger partial charge in [0, 0.05) is 30.5 Å². The van der Waals surface area contributed by atoms with Crippen LogP contribution >= 0.6 is 0 Å². The molecule has 5 rings (SSSR count). The van der Waals surface area contributed by atoms with Crippen molar-refractivity contribution in [1.82, 2.24) is 19.7 Å². The lowest BCUT2D eigenvalue weighted by molar-refractivity contribution is -0.176. The third-order valence-corrected chi connectivity index (χ3v) is 7.67. The molecule has 4 heterocycles. The summed E-state index contributed by atoms with van der Waals surface area (Å²) in [6.45, 7) is 8.90. The van der Waals surface area contributed by atoms with Gasteiger partial charge in [0.05, 0.1) is 30.2 Å². The molecule has 2 saturated heterocycles. The van der Waals surface area contributed by atoms with Gasteiger partial charge in [0.15, 0.2) is 11.9 Å². The predicted octanol–water partition coefficient (Wildman–Crippen LogP) is 4.14. The number of carbonyl (C=O) groups excluding carboxylic acids is 2. The lowest BCUT2D eigenvalue weighted by Crippen LogP contribution is -2.47. The van der Waals surface area contributed by atoms with E-state index >= 15 is 0 Å². The molecule has 1 aromatic carbocycles. The van der Waals surface area contributed by atoms with Gasteiger partial charge in [0.2, 0.25) is 0 Å². The molecule has 216 valence electrons. The molecule has 0 bridgehead atoms. The minimum atomic E-state index is -0.888. The van der Waals surface area contributed by atoms with Gasteiger partial charge in [-0.25, -0.2) is 4.79 Å². The molecule has 2 fully saturated rings. The van der Waals surface area contributed by atoms with Crippen molar-refractivity contribution in [2.24, 2.45) is 0 Å². The van der Waals surface area contributed by atoms with Gasteiger partial charge >= 0.3 is 5.97 Å². The first-order valence-electron chi connectivity index (χ1n) is 14.0. The van der Waals surface area contributed by atoms with Crippen molar-refractivity contribution in [1.29, 1.82) is 5.26 Å². The standard InChI is InChI=1S/C30H36N6O5/c1-19-17-20(7-8-21(19)27(38)35-15-5-6-16-35)33-25-24-22(10-14-32-26(24)37)36(34-25)30(12-13-31)11-9-23(40-18-30)28(39)41-29(2,3)4/h7-8,10,14,17,23H,5-6,9,11-12,15-16,18H2,1-4H3,(H,32,37)(H,33,34). The van der Waals surface area contributed by atoms with Crippen molar-refractivity contribution in [2.75, 3.05) is 25.0 Å². The number of fused-ring (bicyclic) bond motifs is 1. The lowest BCUT2D eigenvalue weighted by Gasteiger charge is -2.39. The molecule has 2 aromatic heterocycles. The number of nitriles is 1. The smallest absolute Gasteiger partial charge is 0.335 e. The van der Waals surface area contributed by atoms with Crippen LogP contribution in [0.5, 0.6) is 0 Å². The normalized spacial score (nSPS) is 21.0. The van der Waals surface area contributed by atoms with Crippen LogP contribution in [0.1, 0.15) is 68.8 Å². The highest BCUT2D eigenvalue weighted by molar-refractivity contribution is 5.97. The zero-order valence-electron chi connectivity index (χ0n) is 24.0. The van der Waals surface area contributed by atoms with Crippen molar-refractivity contribution in [2.45, 2.75) is 77.0 Å². The number of aromatic amines is 1. The first-order valence-corrected chi connectivity index (χ1v) is 14.0. The number of nitrogens with one attached hydrogen (secondary N) is 2. The Kier molecular flexibility index (Phi) is 7.62. The van der Waals surface area contributed by atoms with Crippen LogP contribution in [0.15, 0.2) is 35.3 Å². The van der Waals surface area contributed by atoms with E-state index in [2.05, 4.69) is 16.4 Å². The second-order valence-corrected chi connectivity index (χ2v) is 11.9. The maximum atomic E-state index is 13.0. The molecular formula is C30H36N6O5. The van der Waals surface area contributed by atoms with Gasteiger partial charge in [0.25, 0.3) is 11.5 Å². The van der Waals surface area contributed by atoms with Gasteiger partial charge in [-0.2, -0.15) is 10.4 Å². The van der Waals surface area contributed by atoms with Crippen LogP contribution in [-0.4, -0.2) is 62.9 Å². The number of hydrogen-bond donors (Lipinski definition) is 2. The molecule has 11 nitrogen and oxygen atoms in total. The third kappa shape index (κ3) is 5.70. The highest BCUT2D eigenvalue weighted by atomic mass is 16.6. The summed E-state index contributed by atoms with van der Waals surface area (Å²) in [4.78, 5) is 43.2. The SMILES string of the molecule is Cc1cc(Nc2nn(C3(CC#N)CCC(C(=O)OC(C)(C)C)OC3)c3cc[nH]c(=O)c23)ccc1C(=O)N1CCCC1. The monoisotopic (exact) mass is 560 g/mol. The molecule has 2 aliphatic heterocycles. The van der Waals surface area contributed by atoms with E-state index in [0.717, 1.165) is 31.5 Å². The summed E-state index contributed by atoms with van der Waals surface area (Å²) in [5.41, 5.74) is 0.833. The lowest BCUT2D eigenvalue weighted by atomic mass is 9.87. The maximum absolute atomic E-state index is 13.0. The van der Waals surface area contributed by atoms with E-state index in [1.165, 1.54) is 0 Å². The number of H-pyrrole nitrogens is 1. The topological polar surface area (TPSA) is 142 Å². The number of benzene rings is 1. The summed E-state index contributed by atoms with van der Waals surface area (Å²) in [6.07, 6.45) is 3.69. The minimum absolute atomic E-state index is 0.0261. The summed E-state index contributed by atoms with van der Waals surface area (Å²) in [7, 11) is 0. The number of esters is 1. The molecular weight excluding hydrogens is 524 g/mol. The minimum Gasteiger partial charge on any atom is -0.458 e. The Hall–Kier alpha value is -4.17. The van der Waals surface area contributed by atoms with Gasteiger partial charge < -0.3 is 24.7 Å². The molecule has 41 heavy (non-hydrogen) atoms. The van der Waals surface area contributed by atoms with E-state index in [9.17, 15) is 19.6 Å². The first-order chi connectivity index (χ1) is 19.5. The molecule has 3 aromatic rings. The van der Waals surface area contributed by atoms with Crippen molar-refractivity contribution in [3.63, 3.8) is 0 Å². The summed E-state index contributed by atoms with van der Waals surface area (Å²) >= 11 is 0. The molecule has 2 aliphatic rings. The highest BCUT2D eigenvalue weighted by Crippen LogP contribution is 2.37. The molecule has 1 amide bonds. The fraction of sp³-hybridized carbons (Fsp3) is 0.500. The zero-order chi connectivity index (χ0) is 29.4. The number of ether oxygens (including phenoxy) is 2. The Labute approximate surface area is 238 Å². The van der Waals surface area contributed by atoms with Gasteiger partial charge in [-0.05, 0) is 83.2 Å². The van der Waals surface area contributed by atoms with Gasteiger partial charge in [-0.15, -0.1) is 0 Å². The summed E-state index contributed by atoms with van der Waals surface area (Å²) in [6, 6.07) is 9.46. The number of aromatic nitrogens is 3. The number of anilines is 2. The fourth-order valence-electron chi connectivity index (χ4n) is 5.63. The Morgan fingerprint density at radius 2 is 2.02 bits per heavy atom. The van der Waals surface area contributed by atoms with Crippen LogP contribution < -0.4 is 10.9 Å².